The molecule has 2 unspecified atom stereocenters. The van der Waals surface area contributed by atoms with Gasteiger partial charge in [0.05, 0.1) is 13.7 Å². The SMILES string of the molecule is CCCCOC(=O)NC(CC(C)N(C)C)C(=O)OC. The number of ether oxygens (including phenoxy) is 2. The van der Waals surface area contributed by atoms with Crippen molar-refractivity contribution >= 4 is 12.1 Å². The van der Waals surface area contributed by atoms with Gasteiger partial charge in [-0.25, -0.2) is 9.59 Å². The molecule has 0 aliphatic rings. The number of amides is 1. The van der Waals surface area contributed by atoms with E-state index in [4.69, 9.17) is 9.47 Å². The molecule has 0 aliphatic heterocycles. The van der Waals surface area contributed by atoms with E-state index in [1.54, 1.807) is 0 Å². The Morgan fingerprint density at radius 2 is 1.95 bits per heavy atom. The van der Waals surface area contributed by atoms with E-state index in [2.05, 4.69) is 5.32 Å². The van der Waals surface area contributed by atoms with E-state index in [0.717, 1.165) is 12.8 Å². The van der Waals surface area contributed by atoms with E-state index in [1.807, 2.05) is 32.8 Å². The van der Waals surface area contributed by atoms with E-state index in [0.29, 0.717) is 13.0 Å². The summed E-state index contributed by atoms with van der Waals surface area (Å²) in [7, 11) is 5.14. The highest BCUT2D eigenvalue weighted by Crippen LogP contribution is 2.05. The van der Waals surface area contributed by atoms with Gasteiger partial charge in [0.15, 0.2) is 0 Å². The third kappa shape index (κ3) is 7.66. The normalized spacial score (nSPS) is 13.8. The fourth-order valence-corrected chi connectivity index (χ4v) is 1.40. The molecule has 0 saturated heterocycles. The van der Waals surface area contributed by atoms with Crippen molar-refractivity contribution in [3.8, 4) is 0 Å². The van der Waals surface area contributed by atoms with Gasteiger partial charge in [-0.3, -0.25) is 0 Å². The number of alkyl carbamates (subject to hydrolysis) is 1. The first-order valence-electron chi connectivity index (χ1n) is 6.59. The zero-order valence-corrected chi connectivity index (χ0v) is 12.6. The minimum absolute atomic E-state index is 0.139. The maximum absolute atomic E-state index is 11.6. The van der Waals surface area contributed by atoms with Crippen LogP contribution in [0.2, 0.25) is 0 Å². The number of hydrogen-bond donors (Lipinski definition) is 1. The Morgan fingerprint density at radius 3 is 2.42 bits per heavy atom. The first kappa shape index (κ1) is 17.7. The summed E-state index contributed by atoms with van der Waals surface area (Å²) in [6.07, 6.45) is 1.66. The third-order valence-corrected chi connectivity index (χ3v) is 2.97. The molecule has 19 heavy (non-hydrogen) atoms. The molecule has 2 atom stereocenters. The second-order valence-electron chi connectivity index (χ2n) is 4.76. The molecule has 0 aromatic heterocycles. The van der Waals surface area contributed by atoms with Crippen LogP contribution in [-0.4, -0.2) is 56.9 Å². The molecule has 0 bridgehead atoms. The average Bonchev–Trinajstić information content (AvgIpc) is 2.37. The standard InChI is InChI=1S/C13H26N2O4/c1-6-7-8-19-13(17)14-11(12(16)18-5)9-10(2)15(3)4/h10-11H,6-9H2,1-5H3,(H,14,17). The number of nitrogens with one attached hydrogen (secondary N) is 1. The minimum Gasteiger partial charge on any atom is -0.467 e. The second-order valence-corrected chi connectivity index (χ2v) is 4.76. The lowest BCUT2D eigenvalue weighted by Crippen LogP contribution is -2.45. The predicted octanol–water partition coefficient (Wildman–Crippen LogP) is 1.39. The van der Waals surface area contributed by atoms with Gasteiger partial charge < -0.3 is 19.7 Å². The fourth-order valence-electron chi connectivity index (χ4n) is 1.40. The van der Waals surface area contributed by atoms with Crippen molar-refractivity contribution in [2.24, 2.45) is 0 Å². The molecule has 0 heterocycles. The quantitative estimate of drug-likeness (QED) is 0.535. The van der Waals surface area contributed by atoms with E-state index >= 15 is 0 Å². The van der Waals surface area contributed by atoms with Crippen LogP contribution in [0.25, 0.3) is 0 Å². The van der Waals surface area contributed by atoms with Crippen molar-refractivity contribution in [2.75, 3.05) is 27.8 Å². The van der Waals surface area contributed by atoms with Gasteiger partial charge in [-0.15, -0.1) is 0 Å². The van der Waals surface area contributed by atoms with Crippen LogP contribution < -0.4 is 5.32 Å². The molecular formula is C13H26N2O4. The lowest BCUT2D eigenvalue weighted by atomic mass is 10.1. The van der Waals surface area contributed by atoms with Crippen LogP contribution in [0, 0.1) is 0 Å². The highest BCUT2D eigenvalue weighted by molar-refractivity contribution is 5.81. The molecule has 1 amide bonds. The number of nitrogens with zero attached hydrogens (tertiary/aromatic N) is 1. The number of esters is 1. The second kappa shape index (κ2) is 9.61. The lowest BCUT2D eigenvalue weighted by Gasteiger charge is -2.24. The van der Waals surface area contributed by atoms with Gasteiger partial charge in [0, 0.05) is 6.04 Å². The number of rotatable bonds is 8. The van der Waals surface area contributed by atoms with E-state index < -0.39 is 18.1 Å². The first-order chi connectivity index (χ1) is 8.92. The number of carbonyl (C=O) groups excluding carboxylic acids is 2. The molecule has 0 aromatic carbocycles. The van der Waals surface area contributed by atoms with Crippen molar-refractivity contribution in [3.05, 3.63) is 0 Å². The molecule has 6 heteroatoms. The monoisotopic (exact) mass is 274 g/mol. The Hall–Kier alpha value is -1.30. The number of methoxy groups -OCH3 is 1. The zero-order chi connectivity index (χ0) is 14.8. The molecule has 0 aromatic rings. The van der Waals surface area contributed by atoms with Gasteiger partial charge in [0.2, 0.25) is 0 Å². The van der Waals surface area contributed by atoms with Gasteiger partial charge in [-0.1, -0.05) is 13.3 Å². The van der Waals surface area contributed by atoms with Crippen molar-refractivity contribution < 1.29 is 19.1 Å². The maximum atomic E-state index is 11.6. The Kier molecular flexibility index (Phi) is 8.95. The van der Waals surface area contributed by atoms with Crippen molar-refractivity contribution in [1.82, 2.24) is 10.2 Å². The summed E-state index contributed by atoms with van der Waals surface area (Å²) in [5, 5.41) is 2.55. The van der Waals surface area contributed by atoms with Crippen LogP contribution >= 0.6 is 0 Å². The van der Waals surface area contributed by atoms with Crippen molar-refractivity contribution in [2.45, 2.75) is 45.2 Å². The molecular weight excluding hydrogens is 248 g/mol. The summed E-state index contributed by atoms with van der Waals surface area (Å²) in [4.78, 5) is 25.1. The number of carbonyl (C=O) groups is 2. The average molecular weight is 274 g/mol. The van der Waals surface area contributed by atoms with E-state index in [9.17, 15) is 9.59 Å². The molecule has 0 saturated carbocycles. The molecule has 0 rings (SSSR count). The molecule has 1 N–H and O–H groups in total. The molecule has 0 aliphatic carbocycles. The fraction of sp³-hybridized carbons (Fsp3) is 0.846. The summed E-state index contributed by atoms with van der Waals surface area (Å²) < 4.78 is 9.67. The van der Waals surface area contributed by atoms with Crippen LogP contribution in [0.5, 0.6) is 0 Å². The van der Waals surface area contributed by atoms with E-state index in [-0.39, 0.29) is 6.04 Å². The van der Waals surface area contributed by atoms with Crippen LogP contribution in [0.1, 0.15) is 33.1 Å². The molecule has 0 fully saturated rings. The van der Waals surface area contributed by atoms with Crippen molar-refractivity contribution in [1.29, 1.82) is 0 Å². The van der Waals surface area contributed by atoms with Crippen molar-refractivity contribution in [3.63, 3.8) is 0 Å². The zero-order valence-electron chi connectivity index (χ0n) is 12.6. The van der Waals surface area contributed by atoms with Gasteiger partial charge >= 0.3 is 12.1 Å². The Morgan fingerprint density at radius 1 is 1.32 bits per heavy atom. The van der Waals surface area contributed by atoms with Crippen LogP contribution in [-0.2, 0) is 14.3 Å². The van der Waals surface area contributed by atoms with Gasteiger partial charge in [0.1, 0.15) is 6.04 Å². The summed E-state index contributed by atoms with van der Waals surface area (Å²) in [5.74, 6) is -0.457. The molecule has 6 nitrogen and oxygen atoms in total. The minimum atomic E-state index is -0.684. The van der Waals surface area contributed by atoms with Gasteiger partial charge in [-0.05, 0) is 33.9 Å². The lowest BCUT2D eigenvalue weighted by molar-refractivity contribution is -0.143. The Bertz CT molecular complexity index is 282. The highest BCUT2D eigenvalue weighted by Gasteiger charge is 2.25. The number of hydrogen-bond acceptors (Lipinski definition) is 5. The molecule has 112 valence electrons. The Labute approximate surface area is 115 Å². The molecule has 0 spiro atoms. The van der Waals surface area contributed by atoms with Gasteiger partial charge in [-0.2, -0.15) is 0 Å². The predicted molar refractivity (Wildman–Crippen MR) is 73.0 cm³/mol. The summed E-state index contributed by atoms with van der Waals surface area (Å²) in [6, 6.07) is -0.545. The smallest absolute Gasteiger partial charge is 0.407 e. The summed E-state index contributed by atoms with van der Waals surface area (Å²) in [6.45, 7) is 4.34. The Balaban J connectivity index is 4.35. The van der Waals surface area contributed by atoms with Crippen LogP contribution in [0.3, 0.4) is 0 Å². The summed E-state index contributed by atoms with van der Waals surface area (Å²) in [5.41, 5.74) is 0. The number of unbranched alkanes of at least 4 members (excludes halogenated alkanes) is 1. The molecule has 0 radical (unpaired) electrons. The van der Waals surface area contributed by atoms with E-state index in [1.165, 1.54) is 7.11 Å². The van der Waals surface area contributed by atoms with Crippen LogP contribution in [0.4, 0.5) is 4.79 Å². The topological polar surface area (TPSA) is 67.9 Å². The maximum Gasteiger partial charge on any atom is 0.407 e. The summed E-state index contributed by atoms with van der Waals surface area (Å²) >= 11 is 0. The third-order valence-electron chi connectivity index (χ3n) is 2.97. The largest absolute Gasteiger partial charge is 0.467 e. The highest BCUT2D eigenvalue weighted by atomic mass is 16.6. The van der Waals surface area contributed by atoms with Gasteiger partial charge in [0.25, 0.3) is 0 Å². The first-order valence-corrected chi connectivity index (χ1v) is 6.59. The van der Waals surface area contributed by atoms with Crippen LogP contribution in [0.15, 0.2) is 0 Å².